The largest absolute Gasteiger partial charge is 0.327 e. The third-order valence-electron chi connectivity index (χ3n) is 3.14. The van der Waals surface area contributed by atoms with Crippen LogP contribution in [0.5, 0.6) is 0 Å². The van der Waals surface area contributed by atoms with E-state index in [9.17, 15) is 14.9 Å². The normalized spacial score (nSPS) is 10.0. The number of benzene rings is 2. The van der Waals surface area contributed by atoms with Crippen molar-refractivity contribution in [2.75, 3.05) is 5.32 Å². The number of halogens is 1. The van der Waals surface area contributed by atoms with Crippen LogP contribution in [0.15, 0.2) is 48.5 Å². The Morgan fingerprint density at radius 1 is 1.21 bits per heavy atom. The third kappa shape index (κ3) is 5.29. The maximum Gasteiger partial charge on any atom is 0.294 e. The number of thiocarbonyl (C=S) groups is 1. The van der Waals surface area contributed by atoms with E-state index in [4.69, 9.17) is 23.8 Å². The summed E-state index contributed by atoms with van der Waals surface area (Å²) in [6, 6.07) is 13.7. The van der Waals surface area contributed by atoms with Crippen LogP contribution in [0, 0.1) is 10.1 Å². The van der Waals surface area contributed by atoms with Crippen molar-refractivity contribution in [3.63, 3.8) is 0 Å². The summed E-state index contributed by atoms with van der Waals surface area (Å²) in [5.41, 5.74) is 0.987. The summed E-state index contributed by atoms with van der Waals surface area (Å²) in [6.07, 6.45) is 0.838. The van der Waals surface area contributed by atoms with E-state index in [1.54, 1.807) is 0 Å². The Bertz CT molecular complexity index is 768. The number of hydrogen-bond donors (Lipinski definition) is 2. The van der Waals surface area contributed by atoms with Crippen LogP contribution in [0.1, 0.15) is 12.0 Å². The predicted octanol–water partition coefficient (Wildman–Crippen LogP) is 3.69. The summed E-state index contributed by atoms with van der Waals surface area (Å²) in [5, 5.41) is 16.4. The van der Waals surface area contributed by atoms with Gasteiger partial charge in [0.05, 0.1) is 4.92 Å². The highest BCUT2D eigenvalue weighted by molar-refractivity contribution is 7.80. The van der Waals surface area contributed by atoms with Gasteiger partial charge in [0.15, 0.2) is 5.11 Å². The van der Waals surface area contributed by atoms with Gasteiger partial charge in [0.1, 0.15) is 5.69 Å². The number of nitro groups is 1. The number of anilines is 1. The monoisotopic (exact) mass is 363 g/mol. The lowest BCUT2D eigenvalue weighted by atomic mass is 10.1. The Hall–Kier alpha value is -2.51. The van der Waals surface area contributed by atoms with Gasteiger partial charge in [-0.25, -0.2) is 0 Å². The Kier molecular flexibility index (Phi) is 6.22. The molecular weight excluding hydrogens is 350 g/mol. The van der Waals surface area contributed by atoms with E-state index in [1.165, 1.54) is 18.2 Å². The summed E-state index contributed by atoms with van der Waals surface area (Å²) in [7, 11) is 0. The first-order valence-corrected chi connectivity index (χ1v) is 7.83. The quantitative estimate of drug-likeness (QED) is 0.480. The Balaban J connectivity index is 1.91. The molecule has 6 nitrogen and oxygen atoms in total. The number of nitrogens with one attached hydrogen (secondary N) is 2. The summed E-state index contributed by atoms with van der Waals surface area (Å²) >= 11 is 10.8. The lowest BCUT2D eigenvalue weighted by Gasteiger charge is -2.10. The van der Waals surface area contributed by atoms with E-state index in [-0.39, 0.29) is 33.8 Å². The smallest absolute Gasteiger partial charge is 0.294 e. The minimum absolute atomic E-state index is 0.00140. The second kappa shape index (κ2) is 8.37. The lowest BCUT2D eigenvalue weighted by molar-refractivity contribution is -0.383. The Morgan fingerprint density at radius 3 is 2.58 bits per heavy atom. The maximum absolute atomic E-state index is 11.9. The predicted molar refractivity (Wildman–Crippen MR) is 97.2 cm³/mol. The summed E-state index contributed by atoms with van der Waals surface area (Å²) in [6.45, 7) is 0. The molecule has 0 aliphatic rings. The molecule has 124 valence electrons. The van der Waals surface area contributed by atoms with Crippen molar-refractivity contribution in [2.45, 2.75) is 12.8 Å². The van der Waals surface area contributed by atoms with Gasteiger partial charge in [-0.2, -0.15) is 0 Å². The van der Waals surface area contributed by atoms with E-state index in [1.807, 2.05) is 30.3 Å². The second-order valence-electron chi connectivity index (χ2n) is 4.91. The summed E-state index contributed by atoms with van der Waals surface area (Å²) in [5.74, 6) is -0.270. The molecule has 24 heavy (non-hydrogen) atoms. The molecule has 0 unspecified atom stereocenters. The molecular formula is C16H14ClN3O3S. The van der Waals surface area contributed by atoms with Gasteiger partial charge in [0.2, 0.25) is 5.91 Å². The molecule has 2 N–H and O–H groups in total. The molecule has 0 fully saturated rings. The molecule has 0 bridgehead atoms. The zero-order chi connectivity index (χ0) is 17.5. The van der Waals surface area contributed by atoms with Crippen LogP contribution in [0.3, 0.4) is 0 Å². The number of nitrogens with zero attached hydrogens (tertiary/aromatic N) is 1. The lowest BCUT2D eigenvalue weighted by Crippen LogP contribution is -2.34. The van der Waals surface area contributed by atoms with Gasteiger partial charge in [-0.05, 0) is 36.3 Å². The molecule has 2 rings (SSSR count). The van der Waals surface area contributed by atoms with Gasteiger partial charge >= 0.3 is 0 Å². The van der Waals surface area contributed by atoms with E-state index in [0.717, 1.165) is 5.56 Å². The minimum Gasteiger partial charge on any atom is -0.327 e. The molecule has 0 aliphatic carbocycles. The average Bonchev–Trinajstić information content (AvgIpc) is 2.55. The van der Waals surface area contributed by atoms with Gasteiger partial charge in [-0.1, -0.05) is 41.9 Å². The first-order chi connectivity index (χ1) is 11.5. The fourth-order valence-electron chi connectivity index (χ4n) is 2.01. The zero-order valence-electron chi connectivity index (χ0n) is 12.5. The van der Waals surface area contributed by atoms with Crippen molar-refractivity contribution < 1.29 is 9.72 Å². The van der Waals surface area contributed by atoms with E-state index < -0.39 is 4.92 Å². The van der Waals surface area contributed by atoms with Crippen LogP contribution in [0.4, 0.5) is 11.4 Å². The molecule has 0 saturated heterocycles. The van der Waals surface area contributed by atoms with Crippen LogP contribution in [-0.4, -0.2) is 15.9 Å². The van der Waals surface area contributed by atoms with E-state index in [2.05, 4.69) is 10.6 Å². The SMILES string of the molecule is O=C(CCc1ccccc1)NC(=S)Nc1ccc(Cl)cc1[N+](=O)[O-]. The molecule has 0 radical (unpaired) electrons. The highest BCUT2D eigenvalue weighted by Crippen LogP contribution is 2.27. The van der Waals surface area contributed by atoms with Gasteiger partial charge in [0, 0.05) is 17.5 Å². The number of hydrogen-bond acceptors (Lipinski definition) is 4. The van der Waals surface area contributed by atoms with Gasteiger partial charge in [-0.3, -0.25) is 14.9 Å². The molecule has 0 saturated carbocycles. The van der Waals surface area contributed by atoms with Crippen LogP contribution in [0.2, 0.25) is 5.02 Å². The second-order valence-corrected chi connectivity index (χ2v) is 5.75. The average molecular weight is 364 g/mol. The molecule has 2 aromatic rings. The van der Waals surface area contributed by atoms with Gasteiger partial charge in [-0.15, -0.1) is 0 Å². The first-order valence-electron chi connectivity index (χ1n) is 7.04. The van der Waals surface area contributed by atoms with Crippen LogP contribution in [-0.2, 0) is 11.2 Å². The molecule has 0 aromatic heterocycles. The standard InChI is InChI=1S/C16H14ClN3O3S/c17-12-7-8-13(14(10-12)20(22)23)18-16(24)19-15(21)9-6-11-4-2-1-3-5-11/h1-5,7-8,10H,6,9H2,(H2,18,19,21,24). The maximum atomic E-state index is 11.9. The van der Waals surface area contributed by atoms with Crippen molar-refractivity contribution in [2.24, 2.45) is 0 Å². The van der Waals surface area contributed by atoms with Crippen molar-refractivity contribution in [1.82, 2.24) is 5.32 Å². The molecule has 8 heteroatoms. The Labute approximate surface area is 149 Å². The molecule has 0 atom stereocenters. The third-order valence-corrected chi connectivity index (χ3v) is 3.58. The number of nitro benzene ring substituents is 1. The fraction of sp³-hybridized carbons (Fsp3) is 0.125. The Morgan fingerprint density at radius 2 is 1.92 bits per heavy atom. The number of carbonyl (C=O) groups is 1. The van der Waals surface area contributed by atoms with Crippen molar-refractivity contribution in [3.05, 3.63) is 69.2 Å². The number of carbonyl (C=O) groups excluding carboxylic acids is 1. The minimum atomic E-state index is -0.575. The number of amides is 1. The van der Waals surface area contributed by atoms with Crippen LogP contribution in [0.25, 0.3) is 0 Å². The van der Waals surface area contributed by atoms with E-state index >= 15 is 0 Å². The summed E-state index contributed by atoms with van der Waals surface area (Å²) < 4.78 is 0. The zero-order valence-corrected chi connectivity index (χ0v) is 14.1. The van der Waals surface area contributed by atoms with Crippen molar-refractivity contribution >= 4 is 46.2 Å². The molecule has 1 amide bonds. The number of aryl methyl sites for hydroxylation is 1. The van der Waals surface area contributed by atoms with Gasteiger partial charge < -0.3 is 10.6 Å². The molecule has 0 aliphatic heterocycles. The highest BCUT2D eigenvalue weighted by Gasteiger charge is 2.16. The fourth-order valence-corrected chi connectivity index (χ4v) is 2.40. The molecule has 0 heterocycles. The first kappa shape index (κ1) is 17.8. The van der Waals surface area contributed by atoms with Crippen molar-refractivity contribution in [3.8, 4) is 0 Å². The summed E-state index contributed by atoms with van der Waals surface area (Å²) in [4.78, 5) is 22.3. The van der Waals surface area contributed by atoms with Crippen LogP contribution < -0.4 is 10.6 Å². The molecule has 0 spiro atoms. The molecule has 2 aromatic carbocycles. The van der Waals surface area contributed by atoms with Crippen molar-refractivity contribution in [1.29, 1.82) is 0 Å². The van der Waals surface area contributed by atoms with Crippen LogP contribution >= 0.6 is 23.8 Å². The van der Waals surface area contributed by atoms with E-state index in [0.29, 0.717) is 6.42 Å². The van der Waals surface area contributed by atoms with Gasteiger partial charge in [0.25, 0.3) is 5.69 Å². The number of rotatable bonds is 5. The topological polar surface area (TPSA) is 84.3 Å². The highest BCUT2D eigenvalue weighted by atomic mass is 35.5.